The summed E-state index contributed by atoms with van der Waals surface area (Å²) in [6, 6.07) is 70.5. The van der Waals surface area contributed by atoms with Crippen molar-refractivity contribution in [2.24, 2.45) is 0 Å². The summed E-state index contributed by atoms with van der Waals surface area (Å²) in [5.41, 5.74) is 13.4. The van der Waals surface area contributed by atoms with Crippen LogP contribution in [0, 0.1) is 0 Å². The molecule has 1 heterocycles. The van der Waals surface area contributed by atoms with Crippen LogP contribution in [0.5, 0.6) is 0 Å². The van der Waals surface area contributed by atoms with E-state index in [-0.39, 0.29) is 6.04 Å². The third-order valence-corrected chi connectivity index (χ3v) is 10.9. The van der Waals surface area contributed by atoms with Crippen LogP contribution in [0.15, 0.2) is 212 Å². The minimum absolute atomic E-state index is 0.186. The van der Waals surface area contributed by atoms with Crippen LogP contribution in [0.4, 0.5) is 11.4 Å². The van der Waals surface area contributed by atoms with Gasteiger partial charge < -0.3 is 9.47 Å². The molecule has 0 bridgehead atoms. The predicted octanol–water partition coefficient (Wildman–Crippen LogP) is 13.8. The molecule has 0 saturated heterocycles. The Morgan fingerprint density at radius 2 is 1.04 bits per heavy atom. The van der Waals surface area contributed by atoms with E-state index < -0.39 is 0 Å². The van der Waals surface area contributed by atoms with Gasteiger partial charge >= 0.3 is 0 Å². The molecule has 0 spiro atoms. The second-order valence-electron chi connectivity index (χ2n) is 14.1. The van der Waals surface area contributed by atoms with Crippen molar-refractivity contribution in [3.63, 3.8) is 0 Å². The predicted molar refractivity (Wildman–Crippen MR) is 230 cm³/mol. The monoisotopic (exact) mass is 690 g/mol. The van der Waals surface area contributed by atoms with Crippen molar-refractivity contribution in [2.75, 3.05) is 4.90 Å². The van der Waals surface area contributed by atoms with Crippen molar-refractivity contribution >= 4 is 49.5 Å². The molecule has 256 valence electrons. The molecule has 1 aliphatic carbocycles. The first-order valence-corrected chi connectivity index (χ1v) is 18.8. The Kier molecular flexibility index (Phi) is 8.00. The molecule has 9 aromatic rings. The summed E-state index contributed by atoms with van der Waals surface area (Å²) >= 11 is 0. The van der Waals surface area contributed by atoms with Crippen LogP contribution in [-0.4, -0.2) is 10.6 Å². The zero-order valence-electron chi connectivity index (χ0n) is 29.9. The standard InChI is InChI=1S/C52H38N2/c1-3-14-43(15-4-1)53(45-31-26-38(27-32-45)37-22-24-41(25-23-37)48-20-11-13-40-12-7-8-18-47(40)48)46-33-28-39(29-34-46)42-30-35-52-50(36-42)49-19-9-10-21-51(49)54(52)44-16-5-2-6-17-44/h1-33,35-36,46H,34H2. The maximum atomic E-state index is 2.47. The highest BCUT2D eigenvalue weighted by molar-refractivity contribution is 6.10. The zero-order chi connectivity index (χ0) is 35.8. The number of allylic oxidation sites excluding steroid dienone is 2. The Balaban J connectivity index is 0.931. The molecular formula is C52H38N2. The van der Waals surface area contributed by atoms with Gasteiger partial charge in [-0.15, -0.1) is 0 Å². The molecule has 1 unspecified atom stereocenters. The molecule has 1 atom stereocenters. The number of anilines is 2. The molecule has 8 aromatic carbocycles. The van der Waals surface area contributed by atoms with E-state index >= 15 is 0 Å². The van der Waals surface area contributed by atoms with Crippen molar-refractivity contribution in [2.45, 2.75) is 12.5 Å². The van der Waals surface area contributed by atoms with E-state index in [1.165, 1.54) is 83.0 Å². The van der Waals surface area contributed by atoms with Gasteiger partial charge in [-0.05, 0) is 105 Å². The molecule has 2 nitrogen and oxygen atoms in total. The van der Waals surface area contributed by atoms with E-state index in [1.807, 2.05) is 0 Å². The average Bonchev–Trinajstić information content (AvgIpc) is 3.59. The molecule has 0 radical (unpaired) electrons. The number of hydrogen-bond donors (Lipinski definition) is 0. The van der Waals surface area contributed by atoms with Crippen LogP contribution in [-0.2, 0) is 0 Å². The SMILES string of the molecule is C1=CC(N(c2ccccc2)c2ccc(-c3ccc(-c4cccc5ccccc45)cc3)cc2)CC=C1c1ccc2c(c1)c1ccccc1n2-c1ccccc1. The highest BCUT2D eigenvalue weighted by Crippen LogP contribution is 2.38. The number of rotatable bonds is 7. The summed E-state index contributed by atoms with van der Waals surface area (Å²) in [4.78, 5) is 2.47. The van der Waals surface area contributed by atoms with Gasteiger partial charge in [0.05, 0.1) is 17.1 Å². The van der Waals surface area contributed by atoms with Crippen molar-refractivity contribution < 1.29 is 0 Å². The summed E-state index contributed by atoms with van der Waals surface area (Å²) in [6.45, 7) is 0. The van der Waals surface area contributed by atoms with Crippen LogP contribution >= 0.6 is 0 Å². The summed E-state index contributed by atoms with van der Waals surface area (Å²) in [7, 11) is 0. The minimum Gasteiger partial charge on any atom is -0.334 e. The van der Waals surface area contributed by atoms with Gasteiger partial charge in [-0.2, -0.15) is 0 Å². The molecule has 0 N–H and O–H groups in total. The average molecular weight is 691 g/mol. The number of aromatic nitrogens is 1. The Bertz CT molecular complexity index is 2820. The highest BCUT2D eigenvalue weighted by Gasteiger charge is 2.21. The van der Waals surface area contributed by atoms with Crippen LogP contribution in [0.1, 0.15) is 12.0 Å². The Labute approximate surface area is 316 Å². The van der Waals surface area contributed by atoms with Gasteiger partial charge in [0, 0.05) is 27.8 Å². The largest absolute Gasteiger partial charge is 0.334 e. The van der Waals surface area contributed by atoms with Crippen molar-refractivity contribution in [1.82, 2.24) is 4.57 Å². The number of fused-ring (bicyclic) bond motifs is 4. The van der Waals surface area contributed by atoms with Gasteiger partial charge in [-0.1, -0.05) is 158 Å². The molecule has 2 heteroatoms. The summed E-state index contributed by atoms with van der Waals surface area (Å²) < 4.78 is 2.37. The smallest absolute Gasteiger partial charge is 0.0560 e. The van der Waals surface area contributed by atoms with Crippen molar-refractivity contribution in [3.05, 3.63) is 218 Å². The molecule has 0 amide bonds. The zero-order valence-corrected chi connectivity index (χ0v) is 29.9. The lowest BCUT2D eigenvalue weighted by atomic mass is 9.94. The lowest BCUT2D eigenvalue weighted by molar-refractivity contribution is 0.787. The van der Waals surface area contributed by atoms with Gasteiger partial charge in [0.2, 0.25) is 0 Å². The molecule has 0 saturated carbocycles. The van der Waals surface area contributed by atoms with E-state index in [0.29, 0.717) is 0 Å². The highest BCUT2D eigenvalue weighted by atomic mass is 15.2. The van der Waals surface area contributed by atoms with E-state index in [1.54, 1.807) is 0 Å². The number of hydrogen-bond acceptors (Lipinski definition) is 1. The van der Waals surface area contributed by atoms with Crippen molar-refractivity contribution in [1.29, 1.82) is 0 Å². The topological polar surface area (TPSA) is 8.17 Å². The van der Waals surface area contributed by atoms with E-state index in [4.69, 9.17) is 0 Å². The molecule has 1 aliphatic rings. The third-order valence-electron chi connectivity index (χ3n) is 10.9. The maximum absolute atomic E-state index is 2.47. The lowest BCUT2D eigenvalue weighted by Crippen LogP contribution is -2.30. The number of para-hydroxylation sites is 3. The fourth-order valence-electron chi connectivity index (χ4n) is 8.28. The first-order chi connectivity index (χ1) is 26.8. The number of benzene rings is 8. The summed E-state index contributed by atoms with van der Waals surface area (Å²) in [5.74, 6) is 0. The van der Waals surface area contributed by atoms with Crippen LogP contribution in [0.3, 0.4) is 0 Å². The molecule has 0 fully saturated rings. The van der Waals surface area contributed by atoms with E-state index in [0.717, 1.165) is 6.42 Å². The Morgan fingerprint density at radius 3 is 1.80 bits per heavy atom. The summed E-state index contributed by atoms with van der Waals surface area (Å²) in [5, 5.41) is 5.10. The van der Waals surface area contributed by atoms with Crippen LogP contribution < -0.4 is 4.90 Å². The normalized spacial score (nSPS) is 14.1. The molecule has 54 heavy (non-hydrogen) atoms. The maximum Gasteiger partial charge on any atom is 0.0560 e. The van der Waals surface area contributed by atoms with Gasteiger partial charge in [0.15, 0.2) is 0 Å². The van der Waals surface area contributed by atoms with Gasteiger partial charge in [0.25, 0.3) is 0 Å². The van der Waals surface area contributed by atoms with E-state index in [2.05, 4.69) is 222 Å². The van der Waals surface area contributed by atoms with Gasteiger partial charge in [0.1, 0.15) is 0 Å². The lowest BCUT2D eigenvalue weighted by Gasteiger charge is -2.33. The van der Waals surface area contributed by atoms with Crippen molar-refractivity contribution in [3.8, 4) is 27.9 Å². The van der Waals surface area contributed by atoms with Gasteiger partial charge in [-0.3, -0.25) is 0 Å². The van der Waals surface area contributed by atoms with E-state index in [9.17, 15) is 0 Å². The second-order valence-corrected chi connectivity index (χ2v) is 14.1. The molecular weight excluding hydrogens is 653 g/mol. The van der Waals surface area contributed by atoms with Gasteiger partial charge in [-0.25, -0.2) is 0 Å². The number of nitrogens with zero attached hydrogens (tertiary/aromatic N) is 2. The second kappa shape index (κ2) is 13.6. The fourth-order valence-corrected chi connectivity index (χ4v) is 8.28. The fraction of sp³-hybridized carbons (Fsp3) is 0.0385. The van der Waals surface area contributed by atoms with Crippen LogP contribution in [0.2, 0.25) is 0 Å². The minimum atomic E-state index is 0.186. The first kappa shape index (κ1) is 31.8. The first-order valence-electron chi connectivity index (χ1n) is 18.8. The molecule has 10 rings (SSSR count). The summed E-state index contributed by atoms with van der Waals surface area (Å²) in [6.07, 6.45) is 8.00. The Morgan fingerprint density at radius 1 is 0.444 bits per heavy atom. The molecule has 0 aliphatic heterocycles. The quantitative estimate of drug-likeness (QED) is 0.162. The third kappa shape index (κ3) is 5.70. The van der Waals surface area contributed by atoms with Crippen LogP contribution in [0.25, 0.3) is 66.1 Å². The molecule has 1 aromatic heterocycles. The Hall–Kier alpha value is -6.90.